The van der Waals surface area contributed by atoms with Crippen molar-refractivity contribution in [2.24, 2.45) is 0 Å². The third-order valence-corrected chi connectivity index (χ3v) is 3.53. The van der Waals surface area contributed by atoms with Gasteiger partial charge in [0.05, 0.1) is 11.7 Å². The lowest BCUT2D eigenvalue weighted by atomic mass is 9.76. The lowest BCUT2D eigenvalue weighted by Crippen LogP contribution is -2.54. The Hall–Kier alpha value is -2.49. The first-order chi connectivity index (χ1) is 10.1. The van der Waals surface area contributed by atoms with Crippen molar-refractivity contribution in [3.05, 3.63) is 17.7 Å². The number of carboxylic acid groups (broad SMARTS) is 1. The van der Waals surface area contributed by atoms with Crippen molar-refractivity contribution >= 4 is 12.0 Å². The molecule has 2 rings (SSSR count). The smallest absolute Gasteiger partial charge is 0.353 e. The van der Waals surface area contributed by atoms with Crippen LogP contribution in [0.4, 0.5) is 4.79 Å². The number of rotatable bonds is 5. The van der Waals surface area contributed by atoms with Crippen LogP contribution in [0, 0.1) is 11.8 Å². The highest BCUT2D eigenvalue weighted by molar-refractivity contribution is 5.85. The van der Waals surface area contributed by atoms with Gasteiger partial charge in [0.2, 0.25) is 0 Å². The number of hydrogen-bond donors (Lipinski definition) is 4. The molecule has 1 aromatic rings. The highest BCUT2D eigenvalue weighted by Crippen LogP contribution is 2.39. The molecule has 1 fully saturated rings. The minimum Gasteiger partial charge on any atom is -0.477 e. The Morgan fingerprint density at radius 2 is 2.29 bits per heavy atom. The molecule has 1 aliphatic rings. The fraction of sp³-hybridized carbons (Fsp3) is 0.500. The number of H-pyrrole nitrogens is 1. The van der Waals surface area contributed by atoms with E-state index in [1.54, 1.807) is 6.92 Å². The van der Waals surface area contributed by atoms with Gasteiger partial charge in [-0.05, 0) is 26.2 Å². The molecule has 7 nitrogen and oxygen atoms in total. The molecule has 1 heterocycles. The van der Waals surface area contributed by atoms with Crippen LogP contribution in [-0.4, -0.2) is 33.6 Å². The summed E-state index contributed by atoms with van der Waals surface area (Å²) >= 11 is 0. The predicted octanol–water partition coefficient (Wildman–Crippen LogP) is 1.20. The van der Waals surface area contributed by atoms with Crippen molar-refractivity contribution in [3.8, 4) is 11.8 Å². The Morgan fingerprint density at radius 3 is 2.81 bits per heavy atom. The molecule has 0 radical (unpaired) electrons. The number of carboxylic acids is 1. The van der Waals surface area contributed by atoms with E-state index in [9.17, 15) is 9.59 Å². The van der Waals surface area contributed by atoms with Gasteiger partial charge in [0.25, 0.3) is 0 Å². The molecule has 0 saturated heterocycles. The molecule has 0 spiro atoms. The molecule has 0 unspecified atom stereocenters. The number of nitrogens with zero attached hydrogens (tertiary/aromatic N) is 1. The monoisotopic (exact) mass is 290 g/mol. The van der Waals surface area contributed by atoms with Crippen molar-refractivity contribution in [1.82, 2.24) is 20.6 Å². The van der Waals surface area contributed by atoms with Crippen LogP contribution in [0.1, 0.15) is 48.9 Å². The third kappa shape index (κ3) is 3.34. The zero-order valence-electron chi connectivity index (χ0n) is 11.8. The van der Waals surface area contributed by atoms with E-state index in [1.807, 2.05) is 0 Å². The number of imidazole rings is 1. The SMILES string of the molecule is CC#CCCNC(=O)NC1(c2ncc(C(=O)O)[nH]2)CCC1. The fourth-order valence-corrected chi connectivity index (χ4v) is 2.25. The number of aromatic amines is 1. The molecular formula is C14H18N4O3. The van der Waals surface area contributed by atoms with Crippen molar-refractivity contribution in [3.63, 3.8) is 0 Å². The maximum atomic E-state index is 11.9. The minimum absolute atomic E-state index is 0.0247. The first kappa shape index (κ1) is 14.9. The molecule has 0 bridgehead atoms. The van der Waals surface area contributed by atoms with Crippen molar-refractivity contribution in [2.75, 3.05) is 6.54 Å². The zero-order valence-corrected chi connectivity index (χ0v) is 11.8. The van der Waals surface area contributed by atoms with E-state index in [0.29, 0.717) is 18.8 Å². The van der Waals surface area contributed by atoms with Gasteiger partial charge in [-0.2, -0.15) is 0 Å². The highest BCUT2D eigenvalue weighted by Gasteiger charge is 2.42. The molecule has 112 valence electrons. The van der Waals surface area contributed by atoms with Crippen LogP contribution in [0.25, 0.3) is 0 Å². The van der Waals surface area contributed by atoms with Crippen molar-refractivity contribution < 1.29 is 14.7 Å². The predicted molar refractivity (Wildman–Crippen MR) is 75.7 cm³/mol. The molecule has 0 aliphatic heterocycles. The van der Waals surface area contributed by atoms with E-state index in [-0.39, 0.29) is 11.7 Å². The first-order valence-electron chi connectivity index (χ1n) is 6.82. The van der Waals surface area contributed by atoms with E-state index in [1.165, 1.54) is 6.20 Å². The molecule has 4 N–H and O–H groups in total. The molecule has 2 amide bonds. The molecule has 21 heavy (non-hydrogen) atoms. The summed E-state index contributed by atoms with van der Waals surface area (Å²) in [5.41, 5.74) is -0.564. The third-order valence-electron chi connectivity index (χ3n) is 3.53. The normalized spacial score (nSPS) is 15.3. The maximum absolute atomic E-state index is 11.9. The van der Waals surface area contributed by atoms with E-state index >= 15 is 0 Å². The number of nitrogens with one attached hydrogen (secondary N) is 3. The molecule has 0 aromatic carbocycles. The number of amides is 2. The fourth-order valence-electron chi connectivity index (χ4n) is 2.25. The first-order valence-corrected chi connectivity index (χ1v) is 6.82. The maximum Gasteiger partial charge on any atom is 0.353 e. The molecular weight excluding hydrogens is 272 g/mol. The summed E-state index contributed by atoms with van der Waals surface area (Å²) in [5, 5.41) is 14.5. The molecule has 1 aliphatic carbocycles. The zero-order chi connectivity index (χ0) is 15.3. The van der Waals surface area contributed by atoms with Gasteiger partial charge in [-0.25, -0.2) is 14.6 Å². The van der Waals surface area contributed by atoms with Gasteiger partial charge in [0.15, 0.2) is 0 Å². The number of carbonyl (C=O) groups excluding carboxylic acids is 1. The van der Waals surface area contributed by atoms with Crippen molar-refractivity contribution in [1.29, 1.82) is 0 Å². The Morgan fingerprint density at radius 1 is 1.52 bits per heavy atom. The summed E-state index contributed by atoms with van der Waals surface area (Å²) in [4.78, 5) is 29.6. The second-order valence-corrected chi connectivity index (χ2v) is 4.94. The number of carbonyl (C=O) groups is 2. The van der Waals surface area contributed by atoms with Crippen LogP contribution in [0.5, 0.6) is 0 Å². The summed E-state index contributed by atoms with van der Waals surface area (Å²) in [6.45, 7) is 2.22. The van der Waals surface area contributed by atoms with Crippen LogP contribution < -0.4 is 10.6 Å². The average molecular weight is 290 g/mol. The van der Waals surface area contributed by atoms with Gasteiger partial charge in [-0.1, -0.05) is 0 Å². The number of urea groups is 1. The van der Waals surface area contributed by atoms with Gasteiger partial charge >= 0.3 is 12.0 Å². The summed E-state index contributed by atoms with van der Waals surface area (Å²) in [6.07, 6.45) is 4.31. The topological polar surface area (TPSA) is 107 Å². The molecule has 0 atom stereocenters. The van der Waals surface area contributed by atoms with E-state index in [2.05, 4.69) is 32.4 Å². The lowest BCUT2D eigenvalue weighted by molar-refractivity contribution is 0.0690. The highest BCUT2D eigenvalue weighted by atomic mass is 16.4. The summed E-state index contributed by atoms with van der Waals surface area (Å²) in [7, 11) is 0. The van der Waals surface area contributed by atoms with Crippen LogP contribution in [-0.2, 0) is 5.54 Å². The molecule has 1 saturated carbocycles. The number of aromatic carboxylic acids is 1. The quantitative estimate of drug-likeness (QED) is 0.483. The largest absolute Gasteiger partial charge is 0.477 e. The lowest BCUT2D eigenvalue weighted by Gasteiger charge is -2.40. The minimum atomic E-state index is -1.06. The molecule has 7 heteroatoms. The summed E-state index contributed by atoms with van der Waals surface area (Å²) < 4.78 is 0. The van der Waals surface area contributed by atoms with Gasteiger partial charge in [-0.15, -0.1) is 11.8 Å². The molecule has 1 aromatic heterocycles. The Balaban J connectivity index is 1.98. The summed E-state index contributed by atoms with van der Waals surface area (Å²) in [5.74, 6) is 5.06. The van der Waals surface area contributed by atoms with Crippen LogP contribution in [0.2, 0.25) is 0 Å². The second kappa shape index (κ2) is 6.31. The second-order valence-electron chi connectivity index (χ2n) is 4.94. The van der Waals surface area contributed by atoms with Crippen LogP contribution in [0.3, 0.4) is 0 Å². The van der Waals surface area contributed by atoms with Gasteiger partial charge in [0.1, 0.15) is 11.5 Å². The van der Waals surface area contributed by atoms with Gasteiger partial charge in [-0.3, -0.25) is 0 Å². The standard InChI is InChI=1S/C14H18N4O3/c1-2-3-4-8-15-13(21)18-14(6-5-7-14)12-16-9-10(17-12)11(19)20/h9H,4-8H2,1H3,(H,16,17)(H,19,20)(H2,15,18,21). The Bertz CT molecular complexity index is 593. The number of hydrogen-bond acceptors (Lipinski definition) is 3. The summed E-state index contributed by atoms with van der Waals surface area (Å²) in [6, 6.07) is -0.291. The van der Waals surface area contributed by atoms with E-state index in [4.69, 9.17) is 5.11 Å². The Labute approximate surface area is 122 Å². The van der Waals surface area contributed by atoms with Crippen LogP contribution >= 0.6 is 0 Å². The average Bonchev–Trinajstić information content (AvgIpc) is 2.89. The number of aromatic nitrogens is 2. The van der Waals surface area contributed by atoms with Crippen molar-refractivity contribution in [2.45, 2.75) is 38.1 Å². The van der Waals surface area contributed by atoms with Crippen LogP contribution in [0.15, 0.2) is 6.20 Å². The van der Waals surface area contributed by atoms with E-state index < -0.39 is 11.5 Å². The van der Waals surface area contributed by atoms with E-state index in [0.717, 1.165) is 19.3 Å². The Kier molecular flexibility index (Phi) is 4.48. The van der Waals surface area contributed by atoms with Gasteiger partial charge < -0.3 is 20.7 Å². The van der Waals surface area contributed by atoms with Gasteiger partial charge in [0, 0.05) is 13.0 Å².